The second-order valence-electron chi connectivity index (χ2n) is 8.41. The van der Waals surface area contributed by atoms with Crippen molar-refractivity contribution < 1.29 is 9.13 Å². The minimum atomic E-state index is -0.294. The summed E-state index contributed by atoms with van der Waals surface area (Å²) in [7, 11) is 5.68. The lowest BCUT2D eigenvalue weighted by Crippen LogP contribution is -2.10. The molecule has 0 bridgehead atoms. The fraction of sp³-hybridized carbons (Fsp3) is 0.148. The molecule has 8 heteroatoms. The van der Waals surface area contributed by atoms with E-state index in [-0.39, 0.29) is 5.82 Å². The van der Waals surface area contributed by atoms with E-state index in [9.17, 15) is 4.39 Å². The van der Waals surface area contributed by atoms with Crippen LogP contribution >= 0.6 is 0 Å². The number of pyridine rings is 1. The number of hydrogen-bond acceptors (Lipinski definition) is 6. The Balaban J connectivity index is 1.63. The molecule has 35 heavy (non-hydrogen) atoms. The molecule has 0 atom stereocenters. The molecule has 5 rings (SSSR count). The van der Waals surface area contributed by atoms with Crippen LogP contribution in [0, 0.1) is 5.82 Å². The summed E-state index contributed by atoms with van der Waals surface area (Å²) < 4.78 is 21.1. The summed E-state index contributed by atoms with van der Waals surface area (Å²) in [6, 6.07) is 19.9. The number of aromatic nitrogens is 4. The van der Waals surface area contributed by atoms with Crippen molar-refractivity contribution in [2.75, 3.05) is 26.5 Å². The van der Waals surface area contributed by atoms with E-state index in [0.717, 1.165) is 34.7 Å². The lowest BCUT2D eigenvalue weighted by Gasteiger charge is -2.11. The third-order valence-electron chi connectivity index (χ3n) is 5.56. The number of fused-ring (bicyclic) bond motifs is 1. The Morgan fingerprint density at radius 1 is 1.00 bits per heavy atom. The summed E-state index contributed by atoms with van der Waals surface area (Å²) in [5, 5.41) is 3.24. The molecule has 0 saturated carbocycles. The lowest BCUT2D eigenvalue weighted by atomic mass is 10.1. The molecule has 2 aromatic carbocycles. The Labute approximate surface area is 202 Å². The average molecular weight is 469 g/mol. The molecule has 176 valence electrons. The van der Waals surface area contributed by atoms with Gasteiger partial charge in [-0.2, -0.15) is 0 Å². The van der Waals surface area contributed by atoms with E-state index in [4.69, 9.17) is 14.7 Å². The Kier molecular flexibility index (Phi) is 6.12. The molecule has 1 N–H and O–H groups in total. The third-order valence-corrected chi connectivity index (χ3v) is 5.56. The van der Waals surface area contributed by atoms with Crippen LogP contribution in [0.4, 0.5) is 16.0 Å². The molecule has 0 aliphatic rings. The van der Waals surface area contributed by atoms with Crippen LogP contribution in [0.15, 0.2) is 79.1 Å². The molecule has 5 aromatic rings. The van der Waals surface area contributed by atoms with Crippen LogP contribution in [0.3, 0.4) is 0 Å². The number of ether oxygens (including phenoxy) is 1. The maximum atomic E-state index is 13.7. The van der Waals surface area contributed by atoms with E-state index in [2.05, 4.69) is 27.3 Å². The predicted octanol–water partition coefficient (Wildman–Crippen LogP) is 5.41. The maximum Gasteiger partial charge on any atom is 0.227 e. The van der Waals surface area contributed by atoms with E-state index >= 15 is 0 Å². The SMILES string of the molecule is COc1ccccc1Nc1nccc(-c2c(-c3ccc(F)cc3)nc3cc(CN(C)C)ccn23)n1. The van der Waals surface area contributed by atoms with Gasteiger partial charge in [-0.3, -0.25) is 4.40 Å². The third kappa shape index (κ3) is 4.69. The van der Waals surface area contributed by atoms with Crippen LogP contribution in [0.25, 0.3) is 28.3 Å². The van der Waals surface area contributed by atoms with Crippen molar-refractivity contribution in [2.45, 2.75) is 6.54 Å². The summed E-state index contributed by atoms with van der Waals surface area (Å²) in [4.78, 5) is 16.2. The molecular formula is C27H25FN6O. The van der Waals surface area contributed by atoms with Gasteiger partial charge in [0.25, 0.3) is 0 Å². The minimum Gasteiger partial charge on any atom is -0.495 e. The minimum absolute atomic E-state index is 0.294. The van der Waals surface area contributed by atoms with Crippen molar-refractivity contribution in [3.8, 4) is 28.4 Å². The molecule has 0 fully saturated rings. The van der Waals surface area contributed by atoms with Crippen molar-refractivity contribution >= 4 is 17.3 Å². The number of benzene rings is 2. The van der Waals surface area contributed by atoms with Crippen molar-refractivity contribution in [2.24, 2.45) is 0 Å². The molecule has 0 saturated heterocycles. The van der Waals surface area contributed by atoms with Gasteiger partial charge in [0, 0.05) is 24.5 Å². The van der Waals surface area contributed by atoms with E-state index in [0.29, 0.717) is 23.1 Å². The van der Waals surface area contributed by atoms with E-state index in [1.165, 1.54) is 12.1 Å². The van der Waals surface area contributed by atoms with Crippen molar-refractivity contribution in [1.82, 2.24) is 24.3 Å². The van der Waals surface area contributed by atoms with E-state index < -0.39 is 0 Å². The lowest BCUT2D eigenvalue weighted by molar-refractivity contribution is 0.402. The quantitative estimate of drug-likeness (QED) is 0.344. The second-order valence-corrected chi connectivity index (χ2v) is 8.41. The highest BCUT2D eigenvalue weighted by molar-refractivity contribution is 5.81. The number of nitrogens with zero attached hydrogens (tertiary/aromatic N) is 5. The maximum absolute atomic E-state index is 13.7. The van der Waals surface area contributed by atoms with E-state index in [1.54, 1.807) is 25.4 Å². The zero-order chi connectivity index (χ0) is 24.4. The van der Waals surface area contributed by atoms with Gasteiger partial charge >= 0.3 is 0 Å². The normalized spacial score (nSPS) is 11.2. The Bertz CT molecular complexity index is 1480. The number of nitrogens with one attached hydrogen (secondary N) is 1. The average Bonchev–Trinajstić information content (AvgIpc) is 3.23. The molecule has 7 nitrogen and oxygen atoms in total. The fourth-order valence-corrected chi connectivity index (χ4v) is 4.02. The van der Waals surface area contributed by atoms with Crippen molar-refractivity contribution in [3.05, 3.63) is 90.5 Å². The summed E-state index contributed by atoms with van der Waals surface area (Å²) in [6.45, 7) is 0.797. The van der Waals surface area contributed by atoms with Gasteiger partial charge in [-0.1, -0.05) is 12.1 Å². The second kappa shape index (κ2) is 9.52. The number of anilines is 2. The number of hydrogen-bond donors (Lipinski definition) is 1. The van der Waals surface area contributed by atoms with Crippen LogP contribution in [-0.4, -0.2) is 45.5 Å². The first-order chi connectivity index (χ1) is 17.0. The molecule has 0 unspecified atom stereocenters. The number of halogens is 1. The van der Waals surface area contributed by atoms with Crippen LogP contribution in [0.5, 0.6) is 5.75 Å². The Morgan fingerprint density at radius 3 is 2.57 bits per heavy atom. The number of rotatable bonds is 7. The summed E-state index contributed by atoms with van der Waals surface area (Å²) in [5.41, 5.74) is 5.70. The molecule has 3 heterocycles. The van der Waals surface area contributed by atoms with Gasteiger partial charge in [0.2, 0.25) is 5.95 Å². The zero-order valence-corrected chi connectivity index (χ0v) is 19.7. The van der Waals surface area contributed by atoms with Crippen LogP contribution < -0.4 is 10.1 Å². The van der Waals surface area contributed by atoms with Crippen molar-refractivity contribution in [1.29, 1.82) is 0 Å². The Hall–Kier alpha value is -4.30. The highest BCUT2D eigenvalue weighted by Gasteiger charge is 2.18. The molecule has 0 amide bonds. The molecular weight excluding hydrogens is 443 g/mol. The van der Waals surface area contributed by atoms with Gasteiger partial charge < -0.3 is 15.0 Å². The van der Waals surface area contributed by atoms with Crippen molar-refractivity contribution in [3.63, 3.8) is 0 Å². The molecule has 0 aliphatic carbocycles. The molecule has 3 aromatic heterocycles. The largest absolute Gasteiger partial charge is 0.495 e. The summed E-state index contributed by atoms with van der Waals surface area (Å²) in [5.74, 6) is 0.825. The molecule has 0 radical (unpaired) electrons. The van der Waals surface area contributed by atoms with Gasteiger partial charge in [0.05, 0.1) is 29.9 Å². The monoisotopic (exact) mass is 468 g/mol. The van der Waals surface area contributed by atoms with Crippen LogP contribution in [0.2, 0.25) is 0 Å². The molecule has 0 aliphatic heterocycles. The number of para-hydroxylation sites is 2. The highest BCUT2D eigenvalue weighted by atomic mass is 19.1. The predicted molar refractivity (Wildman–Crippen MR) is 135 cm³/mol. The Morgan fingerprint density at radius 2 is 1.80 bits per heavy atom. The smallest absolute Gasteiger partial charge is 0.227 e. The fourth-order valence-electron chi connectivity index (χ4n) is 4.02. The number of imidazole rings is 1. The topological polar surface area (TPSA) is 67.6 Å². The van der Waals surface area contributed by atoms with Gasteiger partial charge in [-0.25, -0.2) is 19.3 Å². The van der Waals surface area contributed by atoms with E-state index in [1.807, 2.05) is 55.0 Å². The standard InChI is InChI=1S/C27H25FN6O/c1-33(2)17-18-13-15-34-24(16-18)32-25(19-8-10-20(28)11-9-19)26(34)22-12-14-29-27(31-22)30-21-6-4-5-7-23(21)35-3/h4-16H,17H2,1-3H3,(H,29,30,31). The number of methoxy groups -OCH3 is 1. The van der Waals surface area contributed by atoms with Gasteiger partial charge in [0.15, 0.2) is 0 Å². The van der Waals surface area contributed by atoms with Gasteiger partial charge in [-0.15, -0.1) is 0 Å². The zero-order valence-electron chi connectivity index (χ0n) is 19.7. The molecule has 0 spiro atoms. The first-order valence-electron chi connectivity index (χ1n) is 11.2. The first kappa shape index (κ1) is 22.5. The van der Waals surface area contributed by atoms with Gasteiger partial charge in [0.1, 0.15) is 17.2 Å². The summed E-state index contributed by atoms with van der Waals surface area (Å²) in [6.07, 6.45) is 3.70. The first-order valence-corrected chi connectivity index (χ1v) is 11.2. The van der Waals surface area contributed by atoms with Crippen LogP contribution in [-0.2, 0) is 6.54 Å². The highest BCUT2D eigenvalue weighted by Crippen LogP contribution is 2.33. The van der Waals surface area contributed by atoms with Crippen LogP contribution in [0.1, 0.15) is 5.56 Å². The van der Waals surface area contributed by atoms with Gasteiger partial charge in [-0.05, 0) is 74.3 Å². The summed E-state index contributed by atoms with van der Waals surface area (Å²) >= 11 is 0.